The van der Waals surface area contributed by atoms with Crippen LogP contribution in [-0.2, 0) is 4.79 Å². The fraction of sp³-hybridized carbons (Fsp3) is 0.533. The highest BCUT2D eigenvalue weighted by atomic mass is 16.2. The number of hydrogen-bond acceptors (Lipinski definition) is 3. The molecule has 0 saturated carbocycles. The number of likely N-dealkylation sites (N-methyl/N-ethyl adjacent to an activating group) is 1. The van der Waals surface area contributed by atoms with Crippen LogP contribution in [0.5, 0.6) is 0 Å². The van der Waals surface area contributed by atoms with Crippen molar-refractivity contribution in [1.29, 1.82) is 0 Å². The maximum Gasteiger partial charge on any atom is 0.237 e. The van der Waals surface area contributed by atoms with E-state index in [9.17, 15) is 4.79 Å². The van der Waals surface area contributed by atoms with Gasteiger partial charge in [0.25, 0.3) is 0 Å². The van der Waals surface area contributed by atoms with Crippen LogP contribution in [-0.4, -0.2) is 37.5 Å². The van der Waals surface area contributed by atoms with Gasteiger partial charge in [0.1, 0.15) is 0 Å². The Bertz CT molecular complexity index is 390. The summed E-state index contributed by atoms with van der Waals surface area (Å²) >= 11 is 0. The zero-order valence-corrected chi connectivity index (χ0v) is 12.3. The van der Waals surface area contributed by atoms with E-state index in [1.165, 1.54) is 0 Å². The molecule has 0 saturated heterocycles. The minimum absolute atomic E-state index is 0.0338. The number of nitrogens with zero attached hydrogens (tertiary/aromatic N) is 1. The summed E-state index contributed by atoms with van der Waals surface area (Å²) in [5.41, 5.74) is 6.99. The van der Waals surface area contributed by atoms with Gasteiger partial charge in [-0.15, -0.1) is 0 Å². The van der Waals surface area contributed by atoms with Gasteiger partial charge in [-0.25, -0.2) is 0 Å². The number of benzene rings is 1. The van der Waals surface area contributed by atoms with Crippen molar-refractivity contribution < 1.29 is 4.79 Å². The van der Waals surface area contributed by atoms with E-state index in [-0.39, 0.29) is 17.9 Å². The zero-order chi connectivity index (χ0) is 14.4. The van der Waals surface area contributed by atoms with Crippen LogP contribution in [0.2, 0.25) is 0 Å². The normalized spacial score (nSPS) is 14.5. The molecule has 1 rings (SSSR count). The van der Waals surface area contributed by atoms with Crippen LogP contribution in [0.3, 0.4) is 0 Å². The molecule has 1 amide bonds. The lowest BCUT2D eigenvalue weighted by atomic mass is 10.0. The van der Waals surface area contributed by atoms with Crippen LogP contribution < -0.4 is 11.1 Å². The number of rotatable bonds is 6. The molecule has 1 aromatic rings. The summed E-state index contributed by atoms with van der Waals surface area (Å²) in [5.74, 6) is 0.0430. The first-order valence-corrected chi connectivity index (χ1v) is 6.67. The molecule has 0 bridgehead atoms. The van der Waals surface area contributed by atoms with Crippen LogP contribution in [0.25, 0.3) is 0 Å². The molecule has 0 radical (unpaired) electrons. The Morgan fingerprint density at radius 2 is 1.84 bits per heavy atom. The van der Waals surface area contributed by atoms with Crippen molar-refractivity contribution in [1.82, 2.24) is 10.2 Å². The van der Waals surface area contributed by atoms with E-state index in [1.807, 2.05) is 58.3 Å². The molecule has 106 valence electrons. The Balaban J connectivity index is 2.79. The van der Waals surface area contributed by atoms with Crippen molar-refractivity contribution in [3.05, 3.63) is 35.9 Å². The van der Waals surface area contributed by atoms with Gasteiger partial charge in [-0.2, -0.15) is 0 Å². The number of nitrogens with two attached hydrogens (primary N) is 1. The Hall–Kier alpha value is -1.39. The standard InChI is InChI=1S/C15H25N3O/c1-11(2)14(16)15(19)17-13(10-18(3)4)12-8-6-5-7-9-12/h5-9,11,13-14H,10,16H2,1-4H3,(H,17,19)/t13?,14-/m0/s1. The van der Waals surface area contributed by atoms with Crippen molar-refractivity contribution in [2.75, 3.05) is 20.6 Å². The third kappa shape index (κ3) is 5.01. The van der Waals surface area contributed by atoms with Gasteiger partial charge in [-0.1, -0.05) is 44.2 Å². The molecule has 1 aromatic carbocycles. The van der Waals surface area contributed by atoms with Crippen molar-refractivity contribution in [3.63, 3.8) is 0 Å². The smallest absolute Gasteiger partial charge is 0.237 e. The second-order valence-corrected chi connectivity index (χ2v) is 5.50. The molecule has 0 heterocycles. The van der Waals surface area contributed by atoms with Crippen LogP contribution in [0.15, 0.2) is 30.3 Å². The van der Waals surface area contributed by atoms with Crippen LogP contribution in [0.1, 0.15) is 25.5 Å². The van der Waals surface area contributed by atoms with Crippen LogP contribution in [0, 0.1) is 5.92 Å². The molecule has 0 aliphatic carbocycles. The lowest BCUT2D eigenvalue weighted by Crippen LogP contribution is -2.47. The van der Waals surface area contributed by atoms with Crippen molar-refractivity contribution in [3.8, 4) is 0 Å². The monoisotopic (exact) mass is 263 g/mol. The SMILES string of the molecule is CC(C)[C@H](N)C(=O)NC(CN(C)C)c1ccccc1. The van der Waals surface area contributed by atoms with E-state index in [0.29, 0.717) is 0 Å². The van der Waals surface area contributed by atoms with Crippen molar-refractivity contribution in [2.24, 2.45) is 11.7 Å². The predicted molar refractivity (Wildman–Crippen MR) is 78.7 cm³/mol. The summed E-state index contributed by atoms with van der Waals surface area (Å²) in [6, 6.07) is 9.48. The molecule has 0 aliphatic rings. The molecule has 0 aromatic heterocycles. The number of carbonyl (C=O) groups excluding carboxylic acids is 1. The fourth-order valence-electron chi connectivity index (χ4n) is 1.86. The lowest BCUT2D eigenvalue weighted by molar-refractivity contribution is -0.124. The Labute approximate surface area is 116 Å². The molecule has 0 fully saturated rings. The second kappa shape index (κ2) is 7.26. The lowest BCUT2D eigenvalue weighted by Gasteiger charge is -2.25. The molecule has 1 unspecified atom stereocenters. The van der Waals surface area contributed by atoms with E-state index in [1.54, 1.807) is 0 Å². The molecule has 0 aliphatic heterocycles. The van der Waals surface area contributed by atoms with Gasteiger partial charge in [0.15, 0.2) is 0 Å². The summed E-state index contributed by atoms with van der Waals surface area (Å²) in [6.07, 6.45) is 0. The van der Waals surface area contributed by atoms with Gasteiger partial charge < -0.3 is 16.0 Å². The molecule has 19 heavy (non-hydrogen) atoms. The van der Waals surface area contributed by atoms with Crippen molar-refractivity contribution >= 4 is 5.91 Å². The topological polar surface area (TPSA) is 58.4 Å². The molecule has 0 spiro atoms. The largest absolute Gasteiger partial charge is 0.347 e. The number of amides is 1. The third-order valence-corrected chi connectivity index (χ3v) is 3.09. The average Bonchev–Trinajstić information content (AvgIpc) is 2.37. The average molecular weight is 263 g/mol. The Kier molecular flexibility index (Phi) is 5.99. The summed E-state index contributed by atoms with van der Waals surface area (Å²) < 4.78 is 0. The third-order valence-electron chi connectivity index (χ3n) is 3.09. The molecule has 3 N–H and O–H groups in total. The quantitative estimate of drug-likeness (QED) is 0.815. The maximum atomic E-state index is 12.1. The highest BCUT2D eigenvalue weighted by Crippen LogP contribution is 2.14. The van der Waals surface area contributed by atoms with Crippen molar-refractivity contribution in [2.45, 2.75) is 25.9 Å². The molecule has 4 heteroatoms. The van der Waals surface area contributed by atoms with Gasteiger partial charge in [-0.05, 0) is 25.6 Å². The van der Waals surface area contributed by atoms with Gasteiger partial charge in [0.2, 0.25) is 5.91 Å². The minimum atomic E-state index is -0.464. The first-order chi connectivity index (χ1) is 8.91. The maximum absolute atomic E-state index is 12.1. The van der Waals surface area contributed by atoms with Gasteiger partial charge in [0.05, 0.1) is 12.1 Å². The molecule has 2 atom stereocenters. The first-order valence-electron chi connectivity index (χ1n) is 6.67. The molecule has 4 nitrogen and oxygen atoms in total. The summed E-state index contributed by atoms with van der Waals surface area (Å²) in [5, 5.41) is 3.04. The first kappa shape index (κ1) is 15.7. The Morgan fingerprint density at radius 3 is 2.32 bits per heavy atom. The number of hydrogen-bond donors (Lipinski definition) is 2. The minimum Gasteiger partial charge on any atom is -0.347 e. The molecular formula is C15H25N3O. The second-order valence-electron chi connectivity index (χ2n) is 5.50. The highest BCUT2D eigenvalue weighted by molar-refractivity contribution is 5.82. The predicted octanol–water partition coefficient (Wildman–Crippen LogP) is 1.39. The fourth-order valence-corrected chi connectivity index (χ4v) is 1.86. The van der Waals surface area contributed by atoms with Crippen LogP contribution in [0.4, 0.5) is 0 Å². The van der Waals surface area contributed by atoms with Gasteiger partial charge in [0, 0.05) is 6.54 Å². The summed E-state index contributed by atoms with van der Waals surface area (Å²) in [4.78, 5) is 14.1. The highest BCUT2D eigenvalue weighted by Gasteiger charge is 2.21. The van der Waals surface area contributed by atoms with Gasteiger partial charge >= 0.3 is 0 Å². The summed E-state index contributed by atoms with van der Waals surface area (Å²) in [6.45, 7) is 4.65. The number of nitrogens with one attached hydrogen (secondary N) is 1. The van der Waals surface area contributed by atoms with E-state index in [0.717, 1.165) is 12.1 Å². The molecular weight excluding hydrogens is 238 g/mol. The van der Waals surface area contributed by atoms with E-state index in [2.05, 4.69) is 10.2 Å². The number of carbonyl (C=O) groups is 1. The van der Waals surface area contributed by atoms with E-state index in [4.69, 9.17) is 5.73 Å². The Morgan fingerprint density at radius 1 is 1.26 bits per heavy atom. The summed E-state index contributed by atoms with van der Waals surface area (Å²) in [7, 11) is 3.98. The van der Waals surface area contributed by atoms with E-state index < -0.39 is 6.04 Å². The van der Waals surface area contributed by atoms with E-state index >= 15 is 0 Å². The zero-order valence-electron chi connectivity index (χ0n) is 12.3. The van der Waals surface area contributed by atoms with Crippen LogP contribution >= 0.6 is 0 Å². The van der Waals surface area contributed by atoms with Gasteiger partial charge in [-0.3, -0.25) is 4.79 Å².